The van der Waals surface area contributed by atoms with E-state index in [1.54, 1.807) is 0 Å². The monoisotopic (exact) mass is 549 g/mol. The van der Waals surface area contributed by atoms with Crippen LogP contribution in [0, 0.1) is 5.41 Å². The Morgan fingerprint density at radius 2 is 2.00 bits per heavy atom. The number of hydrogen-bond acceptors (Lipinski definition) is 5. The molecule has 0 unspecified atom stereocenters. The number of guanidine groups is 1. The van der Waals surface area contributed by atoms with Gasteiger partial charge in [0.1, 0.15) is 0 Å². The summed E-state index contributed by atoms with van der Waals surface area (Å²) in [5, 5.41) is 20.6. The van der Waals surface area contributed by atoms with E-state index in [1.165, 1.54) is 0 Å². The summed E-state index contributed by atoms with van der Waals surface area (Å²) in [5.74, 6) is 1.84. The molecule has 0 atom stereocenters. The van der Waals surface area contributed by atoms with Gasteiger partial charge in [0, 0.05) is 43.2 Å². The van der Waals surface area contributed by atoms with Crippen LogP contribution in [0.4, 0.5) is 0 Å². The summed E-state index contributed by atoms with van der Waals surface area (Å²) in [4.78, 5) is 9.18. The molecule has 0 saturated carbocycles. The summed E-state index contributed by atoms with van der Waals surface area (Å²) in [5.41, 5.74) is 0.866. The molecular weight excluding hydrogens is 517 g/mol. The third-order valence-corrected chi connectivity index (χ3v) is 5.48. The predicted molar refractivity (Wildman–Crippen MR) is 133 cm³/mol. The molecule has 2 aromatic rings. The molecule has 1 aromatic carbocycles. The molecule has 168 valence electrons. The molecule has 0 radical (unpaired) electrons. The first-order valence-corrected chi connectivity index (χ1v) is 10.6. The molecular formula is C21H33ClIN5O2. The van der Waals surface area contributed by atoms with Gasteiger partial charge in [0.15, 0.2) is 5.96 Å². The second-order valence-corrected chi connectivity index (χ2v) is 7.51. The van der Waals surface area contributed by atoms with Gasteiger partial charge in [-0.3, -0.25) is 4.99 Å². The Labute approximate surface area is 201 Å². The number of nitrogens with zero attached hydrogens (tertiary/aromatic N) is 3. The van der Waals surface area contributed by atoms with Gasteiger partial charge in [-0.05, 0) is 43.7 Å². The van der Waals surface area contributed by atoms with Crippen molar-refractivity contribution in [2.75, 3.05) is 26.2 Å². The van der Waals surface area contributed by atoms with Crippen molar-refractivity contribution in [2.45, 2.75) is 46.5 Å². The van der Waals surface area contributed by atoms with Crippen molar-refractivity contribution in [3.8, 4) is 11.4 Å². The van der Waals surface area contributed by atoms with Crippen molar-refractivity contribution in [3.63, 3.8) is 0 Å². The fourth-order valence-corrected chi connectivity index (χ4v) is 3.31. The summed E-state index contributed by atoms with van der Waals surface area (Å²) >= 11 is 6.02. The molecule has 1 aromatic heterocycles. The van der Waals surface area contributed by atoms with E-state index >= 15 is 0 Å². The van der Waals surface area contributed by atoms with Gasteiger partial charge in [-0.1, -0.05) is 42.7 Å². The lowest BCUT2D eigenvalue weighted by atomic mass is 9.79. The number of hydrogen-bond donors (Lipinski definition) is 3. The van der Waals surface area contributed by atoms with Gasteiger partial charge >= 0.3 is 0 Å². The quantitative estimate of drug-likeness (QED) is 0.220. The van der Waals surface area contributed by atoms with Crippen LogP contribution in [0.1, 0.15) is 45.9 Å². The molecule has 0 aliphatic heterocycles. The Morgan fingerprint density at radius 1 is 1.23 bits per heavy atom. The van der Waals surface area contributed by atoms with Crippen molar-refractivity contribution in [2.24, 2.45) is 10.4 Å². The smallest absolute Gasteiger partial charge is 0.228 e. The molecule has 30 heavy (non-hydrogen) atoms. The molecule has 2 rings (SSSR count). The SMILES string of the molecule is CCNC(=NCC(CC)(CC)CCO)NCCc1nc(-c2cccc(Cl)c2)no1.I. The Balaban J connectivity index is 0.00000450. The van der Waals surface area contributed by atoms with E-state index < -0.39 is 0 Å². The highest BCUT2D eigenvalue weighted by atomic mass is 127. The Bertz CT molecular complexity index is 780. The van der Waals surface area contributed by atoms with Crippen molar-refractivity contribution in [1.82, 2.24) is 20.8 Å². The van der Waals surface area contributed by atoms with Gasteiger partial charge in [0.25, 0.3) is 0 Å². The van der Waals surface area contributed by atoms with Gasteiger partial charge < -0.3 is 20.3 Å². The molecule has 3 N–H and O–H groups in total. The highest BCUT2D eigenvalue weighted by Gasteiger charge is 2.25. The van der Waals surface area contributed by atoms with Crippen LogP contribution < -0.4 is 10.6 Å². The van der Waals surface area contributed by atoms with E-state index in [1.807, 2.05) is 31.2 Å². The molecule has 0 aliphatic carbocycles. The molecule has 0 aliphatic rings. The van der Waals surface area contributed by atoms with E-state index in [9.17, 15) is 5.11 Å². The van der Waals surface area contributed by atoms with Gasteiger partial charge in [0.05, 0.1) is 0 Å². The van der Waals surface area contributed by atoms with Crippen LogP contribution in [0.3, 0.4) is 0 Å². The zero-order valence-corrected chi connectivity index (χ0v) is 21.0. The maximum absolute atomic E-state index is 9.39. The lowest BCUT2D eigenvalue weighted by Gasteiger charge is -2.29. The van der Waals surface area contributed by atoms with Crippen LogP contribution in [0.15, 0.2) is 33.8 Å². The molecule has 9 heteroatoms. The molecule has 0 saturated heterocycles. The number of nitrogens with one attached hydrogen (secondary N) is 2. The van der Waals surface area contributed by atoms with E-state index in [2.05, 4.69) is 34.6 Å². The highest BCUT2D eigenvalue weighted by Crippen LogP contribution is 2.30. The van der Waals surface area contributed by atoms with Gasteiger partial charge in [-0.2, -0.15) is 4.98 Å². The van der Waals surface area contributed by atoms with Crippen LogP contribution in [-0.2, 0) is 6.42 Å². The Hall–Kier alpha value is -1.39. The number of aliphatic hydroxyl groups excluding tert-OH is 1. The van der Waals surface area contributed by atoms with Gasteiger partial charge in [0.2, 0.25) is 11.7 Å². The van der Waals surface area contributed by atoms with Crippen LogP contribution in [0.5, 0.6) is 0 Å². The van der Waals surface area contributed by atoms with Crippen molar-refractivity contribution >= 4 is 41.5 Å². The first kappa shape index (κ1) is 26.6. The minimum absolute atomic E-state index is 0. The van der Waals surface area contributed by atoms with Crippen molar-refractivity contribution < 1.29 is 9.63 Å². The molecule has 0 bridgehead atoms. The number of benzene rings is 1. The minimum Gasteiger partial charge on any atom is -0.396 e. The Kier molecular flexibility index (Phi) is 12.3. The van der Waals surface area contributed by atoms with E-state index in [-0.39, 0.29) is 36.0 Å². The second-order valence-electron chi connectivity index (χ2n) is 7.07. The lowest BCUT2D eigenvalue weighted by molar-refractivity contribution is 0.175. The van der Waals surface area contributed by atoms with Crippen LogP contribution in [-0.4, -0.2) is 47.4 Å². The van der Waals surface area contributed by atoms with Gasteiger partial charge in [-0.25, -0.2) is 0 Å². The minimum atomic E-state index is 0. The fraction of sp³-hybridized carbons (Fsp3) is 0.571. The molecule has 7 nitrogen and oxygen atoms in total. The predicted octanol–water partition coefficient (Wildman–Crippen LogP) is 4.29. The van der Waals surface area contributed by atoms with E-state index in [0.717, 1.165) is 37.3 Å². The van der Waals surface area contributed by atoms with Crippen molar-refractivity contribution in [3.05, 3.63) is 35.2 Å². The highest BCUT2D eigenvalue weighted by molar-refractivity contribution is 14.0. The first-order valence-electron chi connectivity index (χ1n) is 10.3. The summed E-state index contributed by atoms with van der Waals surface area (Å²) in [6.45, 7) is 8.60. The Morgan fingerprint density at radius 3 is 2.63 bits per heavy atom. The van der Waals surface area contributed by atoms with Crippen LogP contribution >= 0.6 is 35.6 Å². The number of rotatable bonds is 11. The fourth-order valence-electron chi connectivity index (χ4n) is 3.12. The summed E-state index contributed by atoms with van der Waals surface area (Å²) in [6, 6.07) is 7.38. The second kappa shape index (κ2) is 13.8. The van der Waals surface area contributed by atoms with E-state index in [0.29, 0.717) is 36.2 Å². The lowest BCUT2D eigenvalue weighted by Crippen LogP contribution is -2.39. The standard InChI is InChI=1S/C21H32ClN5O2.HI/c1-4-21(5-2,11-13-28)15-25-20(23-6-3)24-12-10-18-26-19(27-29-18)16-8-7-9-17(22)14-16;/h7-9,14,28H,4-6,10-13,15H2,1-3H3,(H2,23,24,25);1H. The van der Waals surface area contributed by atoms with Crippen molar-refractivity contribution in [1.29, 1.82) is 0 Å². The third kappa shape index (κ3) is 8.03. The normalized spacial score (nSPS) is 11.8. The average molecular weight is 550 g/mol. The molecule has 0 spiro atoms. The molecule has 0 fully saturated rings. The maximum atomic E-state index is 9.39. The third-order valence-electron chi connectivity index (χ3n) is 5.24. The number of aliphatic imine (C=N–C) groups is 1. The maximum Gasteiger partial charge on any atom is 0.228 e. The zero-order valence-electron chi connectivity index (χ0n) is 17.9. The first-order chi connectivity index (χ1) is 14.1. The number of halogens is 2. The number of aromatic nitrogens is 2. The largest absolute Gasteiger partial charge is 0.396 e. The van der Waals surface area contributed by atoms with Crippen LogP contribution in [0.2, 0.25) is 5.02 Å². The van der Waals surface area contributed by atoms with Crippen LogP contribution in [0.25, 0.3) is 11.4 Å². The zero-order chi connectivity index (χ0) is 21.1. The summed E-state index contributed by atoms with van der Waals surface area (Å²) in [7, 11) is 0. The van der Waals surface area contributed by atoms with E-state index in [4.69, 9.17) is 21.1 Å². The summed E-state index contributed by atoms with van der Waals surface area (Å²) in [6.07, 6.45) is 3.32. The van der Waals surface area contributed by atoms with Gasteiger partial charge in [-0.15, -0.1) is 24.0 Å². The average Bonchev–Trinajstić information content (AvgIpc) is 3.20. The summed E-state index contributed by atoms with van der Waals surface area (Å²) < 4.78 is 5.35. The number of aliphatic hydroxyl groups is 1. The molecule has 1 heterocycles. The molecule has 0 amide bonds. The topological polar surface area (TPSA) is 95.6 Å².